The van der Waals surface area contributed by atoms with Crippen molar-refractivity contribution in [2.75, 3.05) is 26.7 Å². The monoisotopic (exact) mass is 348 g/mol. The summed E-state index contributed by atoms with van der Waals surface area (Å²) in [5.74, 6) is 0.817. The molecule has 3 rings (SSSR count). The topological polar surface area (TPSA) is 25.4 Å². The zero-order valence-corrected chi connectivity index (χ0v) is 15.2. The lowest BCUT2D eigenvalue weighted by atomic mass is 10.1. The van der Waals surface area contributed by atoms with Gasteiger partial charge in [0.15, 0.2) is 0 Å². The fraction of sp³-hybridized carbons (Fsp3) is 0.526. The Hall–Kier alpha value is -1.46. The molecular formula is C19H25FN2OS. The Bertz CT molecular complexity index is 667. The SMILES string of the molecule is COc1ccc(-c2csc(CC(C)CN3CCCCC3)n2)c(F)c1. The average Bonchev–Trinajstić information content (AvgIpc) is 3.03. The molecule has 0 spiro atoms. The highest BCUT2D eigenvalue weighted by atomic mass is 32.1. The molecule has 5 heteroatoms. The molecule has 2 heterocycles. The van der Waals surface area contributed by atoms with Crippen molar-refractivity contribution in [3.8, 4) is 17.0 Å². The lowest BCUT2D eigenvalue weighted by Gasteiger charge is -2.28. The number of thiazole rings is 1. The third kappa shape index (κ3) is 4.33. The van der Waals surface area contributed by atoms with Crippen LogP contribution in [0.3, 0.4) is 0 Å². The lowest BCUT2D eigenvalue weighted by molar-refractivity contribution is 0.200. The van der Waals surface area contributed by atoms with Crippen molar-refractivity contribution in [1.82, 2.24) is 9.88 Å². The minimum absolute atomic E-state index is 0.285. The molecule has 1 atom stereocenters. The number of hydrogen-bond donors (Lipinski definition) is 0. The van der Waals surface area contributed by atoms with Crippen molar-refractivity contribution in [3.63, 3.8) is 0 Å². The third-order valence-corrected chi connectivity index (χ3v) is 5.42. The zero-order chi connectivity index (χ0) is 16.9. The Labute approximate surface area is 147 Å². The van der Waals surface area contributed by atoms with Crippen molar-refractivity contribution in [1.29, 1.82) is 0 Å². The van der Waals surface area contributed by atoms with Crippen LogP contribution >= 0.6 is 11.3 Å². The van der Waals surface area contributed by atoms with Crippen molar-refractivity contribution in [2.24, 2.45) is 5.92 Å². The molecule has 1 fully saturated rings. The number of hydrogen-bond acceptors (Lipinski definition) is 4. The first kappa shape index (κ1) is 17.4. The van der Waals surface area contributed by atoms with E-state index in [0.29, 0.717) is 17.2 Å². The summed E-state index contributed by atoms with van der Waals surface area (Å²) in [4.78, 5) is 7.21. The minimum Gasteiger partial charge on any atom is -0.497 e. The maximum absolute atomic E-state index is 14.2. The minimum atomic E-state index is -0.285. The lowest BCUT2D eigenvalue weighted by Crippen LogP contribution is -2.34. The van der Waals surface area contributed by atoms with E-state index < -0.39 is 0 Å². The molecule has 1 saturated heterocycles. The van der Waals surface area contributed by atoms with Crippen LogP contribution < -0.4 is 4.74 Å². The summed E-state index contributed by atoms with van der Waals surface area (Å²) < 4.78 is 19.2. The highest BCUT2D eigenvalue weighted by molar-refractivity contribution is 7.09. The quantitative estimate of drug-likeness (QED) is 0.761. The number of piperidine rings is 1. The van der Waals surface area contributed by atoms with Crippen molar-refractivity contribution in [2.45, 2.75) is 32.6 Å². The van der Waals surface area contributed by atoms with Gasteiger partial charge in [0.1, 0.15) is 11.6 Å². The van der Waals surface area contributed by atoms with Gasteiger partial charge in [0, 0.05) is 30.0 Å². The molecule has 1 aromatic carbocycles. The molecule has 3 nitrogen and oxygen atoms in total. The van der Waals surface area contributed by atoms with E-state index in [4.69, 9.17) is 4.74 Å². The molecule has 0 aliphatic carbocycles. The Kier molecular flexibility index (Phi) is 5.85. The van der Waals surface area contributed by atoms with E-state index in [2.05, 4.69) is 16.8 Å². The third-order valence-electron chi connectivity index (χ3n) is 4.55. The van der Waals surface area contributed by atoms with Gasteiger partial charge in [-0.05, 0) is 44.0 Å². The van der Waals surface area contributed by atoms with Gasteiger partial charge in [-0.15, -0.1) is 11.3 Å². The highest BCUT2D eigenvalue weighted by Gasteiger charge is 2.16. The standard InChI is InChI=1S/C19H25FN2OS/c1-14(12-22-8-4-3-5-9-22)10-19-21-18(13-24-19)16-7-6-15(23-2)11-17(16)20/h6-7,11,13-14H,3-5,8-10,12H2,1-2H3. The first-order chi connectivity index (χ1) is 11.7. The van der Waals surface area contributed by atoms with Gasteiger partial charge in [-0.25, -0.2) is 9.37 Å². The van der Waals surface area contributed by atoms with E-state index in [-0.39, 0.29) is 5.82 Å². The molecule has 130 valence electrons. The van der Waals surface area contributed by atoms with Crippen molar-refractivity contribution in [3.05, 3.63) is 34.4 Å². The van der Waals surface area contributed by atoms with Crippen LogP contribution in [0, 0.1) is 11.7 Å². The number of benzene rings is 1. The Morgan fingerprint density at radius 2 is 2.08 bits per heavy atom. The number of methoxy groups -OCH3 is 1. The highest BCUT2D eigenvalue weighted by Crippen LogP contribution is 2.28. The van der Waals surface area contributed by atoms with Crippen LogP contribution in [-0.2, 0) is 6.42 Å². The van der Waals surface area contributed by atoms with Crippen LogP contribution in [0.15, 0.2) is 23.6 Å². The summed E-state index contributed by atoms with van der Waals surface area (Å²) in [6.45, 7) is 5.87. The Morgan fingerprint density at radius 1 is 1.29 bits per heavy atom. The average molecular weight is 348 g/mol. The summed E-state index contributed by atoms with van der Waals surface area (Å²) in [5, 5.41) is 3.04. The first-order valence-electron chi connectivity index (χ1n) is 8.66. The largest absolute Gasteiger partial charge is 0.497 e. The maximum atomic E-state index is 14.2. The van der Waals surface area contributed by atoms with Crippen molar-refractivity contribution >= 4 is 11.3 Å². The molecule has 1 unspecified atom stereocenters. The van der Waals surface area contributed by atoms with E-state index in [1.165, 1.54) is 38.4 Å². The van der Waals surface area contributed by atoms with Crippen molar-refractivity contribution < 1.29 is 9.13 Å². The van der Waals surface area contributed by atoms with E-state index in [9.17, 15) is 4.39 Å². The van der Waals surface area contributed by atoms with Crippen LogP contribution in [0.25, 0.3) is 11.3 Å². The fourth-order valence-electron chi connectivity index (χ4n) is 3.30. The molecule has 0 N–H and O–H groups in total. The smallest absolute Gasteiger partial charge is 0.136 e. The number of rotatable bonds is 6. The van der Waals surface area contributed by atoms with E-state index in [1.807, 2.05) is 5.38 Å². The molecule has 24 heavy (non-hydrogen) atoms. The molecule has 0 radical (unpaired) electrons. The molecule has 1 aliphatic rings. The second-order valence-electron chi connectivity index (χ2n) is 6.64. The number of halogens is 1. The van der Waals surface area contributed by atoms with Crippen LogP contribution in [0.4, 0.5) is 4.39 Å². The summed E-state index contributed by atoms with van der Waals surface area (Å²) in [7, 11) is 1.54. The van der Waals surface area contributed by atoms with Gasteiger partial charge in [0.05, 0.1) is 17.8 Å². The second-order valence-corrected chi connectivity index (χ2v) is 7.59. The van der Waals surface area contributed by atoms with E-state index in [1.54, 1.807) is 30.6 Å². The fourth-order valence-corrected chi connectivity index (χ4v) is 4.26. The normalized spacial score (nSPS) is 17.0. The van der Waals surface area contributed by atoms with Gasteiger partial charge < -0.3 is 9.64 Å². The zero-order valence-electron chi connectivity index (χ0n) is 14.4. The molecule has 2 aromatic rings. The van der Waals surface area contributed by atoms with Crippen LogP contribution in [0.5, 0.6) is 5.75 Å². The van der Waals surface area contributed by atoms with Gasteiger partial charge in [-0.2, -0.15) is 0 Å². The van der Waals surface area contributed by atoms with Crippen LogP contribution in [-0.4, -0.2) is 36.6 Å². The Morgan fingerprint density at radius 3 is 2.79 bits per heavy atom. The number of aromatic nitrogens is 1. The van der Waals surface area contributed by atoms with Crippen LogP contribution in [0.1, 0.15) is 31.2 Å². The molecule has 0 bridgehead atoms. The van der Waals surface area contributed by atoms with Crippen LogP contribution in [0.2, 0.25) is 0 Å². The predicted molar refractivity (Wildman–Crippen MR) is 97.2 cm³/mol. The molecule has 1 aromatic heterocycles. The summed E-state index contributed by atoms with van der Waals surface area (Å²) in [6.07, 6.45) is 4.98. The molecular weight excluding hydrogens is 323 g/mol. The van der Waals surface area contributed by atoms with Gasteiger partial charge in [-0.3, -0.25) is 0 Å². The van der Waals surface area contributed by atoms with E-state index in [0.717, 1.165) is 23.7 Å². The predicted octanol–water partition coefficient (Wildman–Crippen LogP) is 4.62. The second kappa shape index (κ2) is 8.08. The first-order valence-corrected chi connectivity index (χ1v) is 9.54. The number of nitrogens with zero attached hydrogens (tertiary/aromatic N) is 2. The van der Waals surface area contributed by atoms with Gasteiger partial charge in [0.25, 0.3) is 0 Å². The van der Waals surface area contributed by atoms with E-state index >= 15 is 0 Å². The summed E-state index contributed by atoms with van der Waals surface area (Å²) in [6, 6.07) is 4.92. The van der Waals surface area contributed by atoms with Gasteiger partial charge in [-0.1, -0.05) is 13.3 Å². The Balaban J connectivity index is 1.62. The number of likely N-dealkylation sites (tertiary alicyclic amines) is 1. The molecule has 0 saturated carbocycles. The number of ether oxygens (including phenoxy) is 1. The summed E-state index contributed by atoms with van der Waals surface area (Å²) in [5.41, 5.74) is 1.27. The van der Waals surface area contributed by atoms with Gasteiger partial charge >= 0.3 is 0 Å². The molecule has 1 aliphatic heterocycles. The summed E-state index contributed by atoms with van der Waals surface area (Å²) >= 11 is 1.63. The molecule has 0 amide bonds. The van der Waals surface area contributed by atoms with Gasteiger partial charge in [0.2, 0.25) is 0 Å². The maximum Gasteiger partial charge on any atom is 0.136 e.